The molecule has 0 saturated heterocycles. The Kier molecular flexibility index (Phi) is 3.78. The van der Waals surface area contributed by atoms with E-state index in [-0.39, 0.29) is 18.4 Å². The Morgan fingerprint density at radius 1 is 1.12 bits per heavy atom. The molecule has 4 rings (SSSR count). The lowest BCUT2D eigenvalue weighted by Crippen LogP contribution is -2.08. The largest absolute Gasteiger partial charge is 0.458 e. The van der Waals surface area contributed by atoms with Gasteiger partial charge in [-0.25, -0.2) is 0 Å². The average Bonchev–Trinajstić information content (AvgIpc) is 3.16. The molecule has 0 atom stereocenters. The van der Waals surface area contributed by atoms with Crippen LogP contribution in [-0.2, 0) is 0 Å². The van der Waals surface area contributed by atoms with Gasteiger partial charge in [0, 0.05) is 6.94 Å². The van der Waals surface area contributed by atoms with Crippen molar-refractivity contribution in [1.82, 2.24) is 15.1 Å². The maximum absolute atomic E-state index is 12.3. The van der Waals surface area contributed by atoms with E-state index in [0.717, 1.165) is 22.2 Å². The van der Waals surface area contributed by atoms with Crippen LogP contribution < -0.4 is 5.56 Å². The van der Waals surface area contributed by atoms with Gasteiger partial charge in [-0.2, -0.15) is 4.98 Å². The molecule has 0 aliphatic rings. The fourth-order valence-electron chi connectivity index (χ4n) is 2.47. The van der Waals surface area contributed by atoms with Crippen molar-refractivity contribution in [2.45, 2.75) is 13.8 Å². The maximum atomic E-state index is 12.3. The van der Waals surface area contributed by atoms with Crippen molar-refractivity contribution in [3.05, 3.63) is 58.1 Å². The summed E-state index contributed by atoms with van der Waals surface area (Å²) in [7, 11) is 0. The third-order valence-electron chi connectivity index (χ3n) is 3.62. The van der Waals surface area contributed by atoms with Crippen LogP contribution in [0.2, 0.25) is 0 Å². The number of nitrogens with one attached hydrogen (secondary N) is 1. The first-order chi connectivity index (χ1) is 11.1. The Morgan fingerprint density at radius 2 is 1.96 bits per heavy atom. The molecule has 3 N–H and O–H groups in total. The smallest absolute Gasteiger partial charge is 0.263 e. The minimum atomic E-state index is -0.271. The van der Waals surface area contributed by atoms with E-state index in [9.17, 15) is 4.79 Å². The summed E-state index contributed by atoms with van der Waals surface area (Å²) >= 11 is 0. The van der Waals surface area contributed by atoms with Gasteiger partial charge in [0.2, 0.25) is 5.82 Å². The molecule has 0 unspecified atom stereocenters. The highest BCUT2D eigenvalue weighted by Gasteiger charge is 2.16. The number of aromatic nitrogens is 3. The zero-order valence-electron chi connectivity index (χ0n) is 13.1. The van der Waals surface area contributed by atoms with Gasteiger partial charge < -0.3 is 19.4 Å². The summed E-state index contributed by atoms with van der Waals surface area (Å²) in [5.74, 6) is 1.74. The number of furan rings is 1. The van der Waals surface area contributed by atoms with Gasteiger partial charge in [0.1, 0.15) is 11.3 Å². The van der Waals surface area contributed by atoms with Gasteiger partial charge in [-0.3, -0.25) is 4.79 Å². The number of pyridine rings is 1. The molecule has 0 amide bonds. The molecule has 0 saturated carbocycles. The number of hydrogen-bond acceptors (Lipinski definition) is 5. The summed E-state index contributed by atoms with van der Waals surface area (Å²) in [5.41, 5.74) is 1.94. The number of benzene rings is 1. The fourth-order valence-corrected chi connectivity index (χ4v) is 2.47. The van der Waals surface area contributed by atoms with Crippen LogP contribution in [0.4, 0.5) is 0 Å². The van der Waals surface area contributed by atoms with E-state index in [1.54, 1.807) is 12.1 Å². The van der Waals surface area contributed by atoms with Gasteiger partial charge in [-0.1, -0.05) is 16.8 Å². The molecule has 0 aliphatic carbocycles. The molecule has 3 aromatic heterocycles. The standard InChI is InChI=1S/C17H13N3O3.H2O.H2/c1-9-3-5-13-11(7-9)8-12(16(21)18-13)17-19-15(20-23-17)14-6-4-10(2)22-14;;/h3-8H,1-2H3,(H,18,21);1H2;1H. The van der Waals surface area contributed by atoms with Gasteiger partial charge >= 0.3 is 0 Å². The molecule has 7 heteroatoms. The topological polar surface area (TPSA) is 116 Å². The Balaban J connectivity index is 0.00000113. The molecule has 0 fully saturated rings. The molecule has 3 heterocycles. The summed E-state index contributed by atoms with van der Waals surface area (Å²) in [4.78, 5) is 19.4. The second-order valence-electron chi connectivity index (χ2n) is 5.44. The molecular weight excluding hydrogens is 310 g/mol. The van der Waals surface area contributed by atoms with Crippen LogP contribution in [0, 0.1) is 13.8 Å². The molecule has 0 bridgehead atoms. The first-order valence-corrected chi connectivity index (χ1v) is 7.15. The van der Waals surface area contributed by atoms with Crippen molar-refractivity contribution in [2.24, 2.45) is 0 Å². The van der Waals surface area contributed by atoms with Crippen LogP contribution in [0.3, 0.4) is 0 Å². The maximum Gasteiger partial charge on any atom is 0.263 e. The van der Waals surface area contributed by atoms with Crippen LogP contribution >= 0.6 is 0 Å². The minimum Gasteiger partial charge on any atom is -0.458 e. The van der Waals surface area contributed by atoms with Gasteiger partial charge in [0.15, 0.2) is 5.76 Å². The first kappa shape index (κ1) is 15.7. The normalized spacial score (nSPS) is 10.8. The number of H-pyrrole nitrogens is 1. The summed E-state index contributed by atoms with van der Waals surface area (Å²) in [6.07, 6.45) is 0. The molecule has 7 nitrogen and oxygen atoms in total. The third kappa shape index (κ3) is 2.61. The SMILES string of the molecule is Cc1ccc2[nH]c(=O)c(-c3nc(-c4ccc(C)o4)no3)cc2c1.O.[HH]. The molecule has 24 heavy (non-hydrogen) atoms. The van der Waals surface area contributed by atoms with Crippen molar-refractivity contribution in [3.8, 4) is 23.0 Å². The molecule has 0 radical (unpaired) electrons. The van der Waals surface area contributed by atoms with Crippen molar-refractivity contribution in [3.63, 3.8) is 0 Å². The second kappa shape index (κ2) is 5.78. The van der Waals surface area contributed by atoms with E-state index in [4.69, 9.17) is 8.94 Å². The highest BCUT2D eigenvalue weighted by Crippen LogP contribution is 2.23. The van der Waals surface area contributed by atoms with Crippen molar-refractivity contribution >= 4 is 10.9 Å². The van der Waals surface area contributed by atoms with Gasteiger partial charge in [-0.15, -0.1) is 0 Å². The van der Waals surface area contributed by atoms with Crippen LogP contribution in [0.15, 0.2) is 50.1 Å². The molecular formula is C17H17N3O4. The van der Waals surface area contributed by atoms with Crippen molar-refractivity contribution in [1.29, 1.82) is 0 Å². The summed E-state index contributed by atoms with van der Waals surface area (Å²) in [5, 5.41) is 4.79. The number of aryl methyl sites for hydroxylation is 2. The number of fused-ring (bicyclic) bond motifs is 1. The van der Waals surface area contributed by atoms with Crippen LogP contribution in [0.1, 0.15) is 12.8 Å². The first-order valence-electron chi connectivity index (χ1n) is 7.15. The monoisotopic (exact) mass is 327 g/mol. The number of aromatic amines is 1. The average molecular weight is 327 g/mol. The Hall–Kier alpha value is -3.19. The van der Waals surface area contributed by atoms with E-state index in [2.05, 4.69) is 15.1 Å². The van der Waals surface area contributed by atoms with Crippen LogP contribution in [0.5, 0.6) is 0 Å². The lowest BCUT2D eigenvalue weighted by atomic mass is 10.1. The molecule has 124 valence electrons. The number of rotatable bonds is 2. The molecule has 4 aromatic rings. The van der Waals surface area contributed by atoms with Crippen molar-refractivity contribution < 1.29 is 15.8 Å². The third-order valence-corrected chi connectivity index (χ3v) is 3.62. The molecule has 0 aliphatic heterocycles. The van der Waals surface area contributed by atoms with E-state index in [1.807, 2.05) is 38.1 Å². The quantitative estimate of drug-likeness (QED) is 0.607. The Labute approximate surface area is 137 Å². The zero-order valence-corrected chi connectivity index (χ0v) is 13.1. The summed E-state index contributed by atoms with van der Waals surface area (Å²) in [6, 6.07) is 11.1. The van der Waals surface area contributed by atoms with Gasteiger partial charge in [-0.05, 0) is 49.6 Å². The Bertz CT molecular complexity index is 1080. The lowest BCUT2D eigenvalue weighted by molar-refractivity contribution is 0.428. The predicted molar refractivity (Wildman–Crippen MR) is 90.8 cm³/mol. The molecule has 1 aromatic carbocycles. The lowest BCUT2D eigenvalue weighted by Gasteiger charge is -2.01. The molecule has 0 spiro atoms. The minimum absolute atomic E-state index is 0. The highest BCUT2D eigenvalue weighted by molar-refractivity contribution is 5.82. The zero-order chi connectivity index (χ0) is 16.0. The summed E-state index contributed by atoms with van der Waals surface area (Å²) < 4.78 is 10.7. The van der Waals surface area contributed by atoms with Crippen LogP contribution in [-0.4, -0.2) is 20.6 Å². The second-order valence-corrected chi connectivity index (χ2v) is 5.44. The summed E-state index contributed by atoms with van der Waals surface area (Å²) in [6.45, 7) is 3.83. The van der Waals surface area contributed by atoms with Gasteiger partial charge in [0.25, 0.3) is 11.4 Å². The Morgan fingerprint density at radius 3 is 2.71 bits per heavy atom. The fraction of sp³-hybridized carbons (Fsp3) is 0.118. The van der Waals surface area contributed by atoms with E-state index >= 15 is 0 Å². The number of nitrogens with zero attached hydrogens (tertiary/aromatic N) is 2. The van der Waals surface area contributed by atoms with Crippen molar-refractivity contribution in [2.75, 3.05) is 0 Å². The van der Waals surface area contributed by atoms with E-state index in [1.165, 1.54) is 0 Å². The van der Waals surface area contributed by atoms with Gasteiger partial charge in [0.05, 0.1) is 0 Å². The van der Waals surface area contributed by atoms with E-state index in [0.29, 0.717) is 17.1 Å². The highest BCUT2D eigenvalue weighted by atomic mass is 16.5. The number of hydrogen-bond donors (Lipinski definition) is 1. The van der Waals surface area contributed by atoms with E-state index < -0.39 is 0 Å². The van der Waals surface area contributed by atoms with Crippen LogP contribution in [0.25, 0.3) is 33.9 Å². The predicted octanol–water partition coefficient (Wildman–Crippen LogP) is 2.88.